The first-order valence-corrected chi connectivity index (χ1v) is 11.7. The van der Waals surface area contributed by atoms with E-state index in [0.717, 1.165) is 22.9 Å². The van der Waals surface area contributed by atoms with E-state index in [9.17, 15) is 19.2 Å². The van der Waals surface area contributed by atoms with Crippen LogP contribution in [-0.4, -0.2) is 41.2 Å². The van der Waals surface area contributed by atoms with E-state index in [1.54, 1.807) is 24.3 Å². The standard InChI is InChI=1S/C24H20BrN3O5/c1-12(29)33-15-7-5-14(6-8-15)28-21(30)19-18-3-2-10-27(18)24(20(19)22(28)31)16-11-13(25)4-9-17(16)26-23(24)32/h4-9,11,18-20H,2-3,10H2,1H3,(H,26,32). The molecule has 2 aromatic carbocycles. The fourth-order valence-electron chi connectivity index (χ4n) is 6.26. The number of nitrogens with one attached hydrogen (secondary N) is 1. The van der Waals surface area contributed by atoms with Crippen molar-refractivity contribution in [2.24, 2.45) is 11.8 Å². The molecule has 168 valence electrons. The average Bonchev–Trinajstić information content (AvgIpc) is 3.47. The number of halogens is 1. The minimum atomic E-state index is -1.20. The van der Waals surface area contributed by atoms with Crippen molar-refractivity contribution in [1.82, 2.24) is 4.90 Å². The lowest BCUT2D eigenvalue weighted by molar-refractivity contribution is -0.135. The number of nitrogens with zero attached hydrogens (tertiary/aromatic N) is 2. The summed E-state index contributed by atoms with van der Waals surface area (Å²) in [6.45, 7) is 1.97. The van der Waals surface area contributed by atoms with Gasteiger partial charge in [0.05, 0.1) is 17.5 Å². The number of esters is 1. The number of benzene rings is 2. The summed E-state index contributed by atoms with van der Waals surface area (Å²) in [5, 5.41) is 2.97. The van der Waals surface area contributed by atoms with Crippen LogP contribution in [0.25, 0.3) is 0 Å². The monoisotopic (exact) mass is 509 g/mol. The number of fused-ring (bicyclic) bond motifs is 7. The molecule has 4 unspecified atom stereocenters. The van der Waals surface area contributed by atoms with Gasteiger partial charge in [-0.1, -0.05) is 15.9 Å². The molecular formula is C24H20BrN3O5. The van der Waals surface area contributed by atoms with E-state index < -0.39 is 23.3 Å². The van der Waals surface area contributed by atoms with Crippen LogP contribution in [0.2, 0.25) is 0 Å². The summed E-state index contributed by atoms with van der Waals surface area (Å²) in [6.07, 6.45) is 1.63. The van der Waals surface area contributed by atoms with Gasteiger partial charge in [0.25, 0.3) is 0 Å². The maximum absolute atomic E-state index is 13.9. The Kier molecular flexibility index (Phi) is 4.35. The molecule has 1 N–H and O–H groups in total. The summed E-state index contributed by atoms with van der Waals surface area (Å²) < 4.78 is 5.88. The molecule has 4 atom stereocenters. The van der Waals surface area contributed by atoms with Gasteiger partial charge in [0.1, 0.15) is 11.3 Å². The van der Waals surface area contributed by atoms with Gasteiger partial charge < -0.3 is 10.1 Å². The van der Waals surface area contributed by atoms with Gasteiger partial charge in [-0.2, -0.15) is 0 Å². The summed E-state index contributed by atoms with van der Waals surface area (Å²) in [5.41, 5.74) is 0.626. The van der Waals surface area contributed by atoms with Crippen molar-refractivity contribution in [3.05, 3.63) is 52.5 Å². The first-order valence-electron chi connectivity index (χ1n) is 10.9. The highest BCUT2D eigenvalue weighted by molar-refractivity contribution is 9.10. The Morgan fingerprint density at radius 1 is 1.12 bits per heavy atom. The number of carbonyl (C=O) groups is 4. The molecule has 0 aliphatic carbocycles. The molecule has 0 bridgehead atoms. The minimum Gasteiger partial charge on any atom is -0.427 e. The Balaban J connectivity index is 1.47. The Hall–Kier alpha value is -3.04. The third-order valence-corrected chi connectivity index (χ3v) is 7.80. The van der Waals surface area contributed by atoms with Gasteiger partial charge in [0.2, 0.25) is 17.7 Å². The van der Waals surface area contributed by atoms with Gasteiger partial charge in [-0.3, -0.25) is 24.1 Å². The number of amides is 3. The number of hydrogen-bond acceptors (Lipinski definition) is 6. The molecular weight excluding hydrogens is 490 g/mol. The molecule has 0 radical (unpaired) electrons. The van der Waals surface area contributed by atoms with E-state index in [-0.39, 0.29) is 23.8 Å². The van der Waals surface area contributed by atoms with Gasteiger partial charge in [-0.15, -0.1) is 0 Å². The maximum Gasteiger partial charge on any atom is 0.308 e. The normalized spacial score (nSPS) is 29.9. The van der Waals surface area contributed by atoms with Gasteiger partial charge in [-0.25, -0.2) is 4.90 Å². The van der Waals surface area contributed by atoms with Gasteiger partial charge >= 0.3 is 5.97 Å². The smallest absolute Gasteiger partial charge is 0.308 e. The van der Waals surface area contributed by atoms with E-state index in [1.807, 2.05) is 18.2 Å². The molecule has 0 aromatic heterocycles. The zero-order chi connectivity index (χ0) is 23.1. The van der Waals surface area contributed by atoms with E-state index in [1.165, 1.54) is 11.8 Å². The highest BCUT2D eigenvalue weighted by atomic mass is 79.9. The molecule has 8 nitrogen and oxygen atoms in total. The number of carbonyl (C=O) groups excluding carboxylic acids is 4. The Bertz CT molecular complexity index is 1250. The van der Waals surface area contributed by atoms with Crippen molar-refractivity contribution in [1.29, 1.82) is 0 Å². The molecule has 1 spiro atoms. The van der Waals surface area contributed by atoms with Crippen molar-refractivity contribution in [2.75, 3.05) is 16.8 Å². The predicted molar refractivity (Wildman–Crippen MR) is 121 cm³/mol. The molecule has 9 heteroatoms. The summed E-state index contributed by atoms with van der Waals surface area (Å²) in [4.78, 5) is 55.7. The zero-order valence-corrected chi connectivity index (χ0v) is 19.3. The van der Waals surface area contributed by atoms with Crippen LogP contribution >= 0.6 is 15.9 Å². The summed E-state index contributed by atoms with van der Waals surface area (Å²) in [6, 6.07) is 11.7. The number of hydrogen-bond donors (Lipinski definition) is 1. The molecule has 2 aromatic rings. The third kappa shape index (κ3) is 2.60. The van der Waals surface area contributed by atoms with Crippen molar-refractivity contribution in [3.63, 3.8) is 0 Å². The molecule has 33 heavy (non-hydrogen) atoms. The van der Waals surface area contributed by atoms with Gasteiger partial charge in [-0.05, 0) is 61.9 Å². The van der Waals surface area contributed by atoms with Crippen LogP contribution in [0.15, 0.2) is 46.9 Å². The molecule has 4 aliphatic heterocycles. The molecule has 6 rings (SSSR count). The fraction of sp³-hybridized carbons (Fsp3) is 0.333. The second-order valence-corrected chi connectivity index (χ2v) is 9.83. The first-order chi connectivity index (χ1) is 15.8. The van der Waals surface area contributed by atoms with E-state index >= 15 is 0 Å². The first kappa shape index (κ1) is 20.6. The van der Waals surface area contributed by atoms with Crippen LogP contribution in [0.3, 0.4) is 0 Å². The second-order valence-electron chi connectivity index (χ2n) is 8.92. The van der Waals surface area contributed by atoms with Crippen molar-refractivity contribution < 1.29 is 23.9 Å². The van der Waals surface area contributed by atoms with Crippen molar-refractivity contribution >= 4 is 51.0 Å². The summed E-state index contributed by atoms with van der Waals surface area (Å²) in [7, 11) is 0. The SMILES string of the molecule is CC(=O)Oc1ccc(N2C(=O)C3C4CCCN4C4(C(=O)Nc5ccc(Br)cc54)C3C2=O)cc1. The third-order valence-electron chi connectivity index (χ3n) is 7.31. The molecule has 3 saturated heterocycles. The Morgan fingerprint density at radius 2 is 1.88 bits per heavy atom. The van der Waals surface area contributed by atoms with Crippen molar-refractivity contribution in [3.8, 4) is 5.75 Å². The predicted octanol–water partition coefficient (Wildman–Crippen LogP) is 2.81. The highest BCUT2D eigenvalue weighted by Gasteiger charge is 2.74. The minimum absolute atomic E-state index is 0.174. The Morgan fingerprint density at radius 3 is 2.61 bits per heavy atom. The number of ether oxygens (including phenoxy) is 1. The van der Waals surface area contributed by atoms with Crippen LogP contribution in [0, 0.1) is 11.8 Å². The van der Waals surface area contributed by atoms with Crippen LogP contribution in [0.1, 0.15) is 25.3 Å². The maximum atomic E-state index is 13.9. The fourth-order valence-corrected chi connectivity index (χ4v) is 6.62. The van der Waals surface area contributed by atoms with Crippen LogP contribution in [-0.2, 0) is 24.7 Å². The summed E-state index contributed by atoms with van der Waals surface area (Å²) >= 11 is 3.50. The van der Waals surface area contributed by atoms with Gasteiger partial charge in [0, 0.05) is 28.7 Å². The molecule has 4 aliphatic rings. The van der Waals surface area contributed by atoms with E-state index in [0.29, 0.717) is 23.7 Å². The lowest BCUT2D eigenvalue weighted by atomic mass is 9.75. The van der Waals surface area contributed by atoms with E-state index in [2.05, 4.69) is 26.1 Å². The second kappa shape index (κ2) is 6.98. The molecule has 3 amide bonds. The molecule has 3 fully saturated rings. The lowest BCUT2D eigenvalue weighted by Crippen LogP contribution is -2.54. The molecule has 4 heterocycles. The quantitative estimate of drug-likeness (QED) is 0.380. The topological polar surface area (TPSA) is 96.0 Å². The van der Waals surface area contributed by atoms with Crippen molar-refractivity contribution in [2.45, 2.75) is 31.3 Å². The highest BCUT2D eigenvalue weighted by Crippen LogP contribution is 2.60. The van der Waals surface area contributed by atoms with Crippen LogP contribution in [0.5, 0.6) is 5.75 Å². The van der Waals surface area contributed by atoms with Crippen LogP contribution < -0.4 is 15.0 Å². The zero-order valence-electron chi connectivity index (χ0n) is 17.7. The van der Waals surface area contributed by atoms with Gasteiger partial charge in [0.15, 0.2) is 0 Å². The average molecular weight is 510 g/mol. The summed E-state index contributed by atoms with van der Waals surface area (Å²) in [5.74, 6) is -2.42. The number of rotatable bonds is 2. The Labute approximate surface area is 198 Å². The molecule has 0 saturated carbocycles. The number of anilines is 2. The van der Waals surface area contributed by atoms with Crippen LogP contribution in [0.4, 0.5) is 11.4 Å². The number of imide groups is 1. The van der Waals surface area contributed by atoms with E-state index in [4.69, 9.17) is 4.74 Å². The largest absolute Gasteiger partial charge is 0.427 e. The lowest BCUT2D eigenvalue weighted by Gasteiger charge is -2.36.